The maximum absolute atomic E-state index is 6.09. The number of nitrogens with zero attached hydrogens (tertiary/aromatic N) is 1. The summed E-state index contributed by atoms with van der Waals surface area (Å²) >= 11 is 0. The quantitative estimate of drug-likeness (QED) is 0.840. The van der Waals surface area contributed by atoms with Gasteiger partial charge in [-0.05, 0) is 39.3 Å². The number of benzene rings is 1. The highest BCUT2D eigenvalue weighted by molar-refractivity contribution is 5.82. The van der Waals surface area contributed by atoms with Crippen LogP contribution in [-0.2, 0) is 6.42 Å². The van der Waals surface area contributed by atoms with Crippen LogP contribution >= 0.6 is 0 Å². The monoisotopic (exact) mass is 286 g/mol. The molecule has 1 unspecified atom stereocenters. The van der Waals surface area contributed by atoms with Crippen molar-refractivity contribution in [1.29, 1.82) is 0 Å². The highest BCUT2D eigenvalue weighted by Gasteiger charge is 2.25. The van der Waals surface area contributed by atoms with Gasteiger partial charge in [0.2, 0.25) is 0 Å². The standard InChI is InChI=1S/C18H26N2O/c1-4-15-16-7-5-6-8-17(16)21-18(15)13(2)19-11-12-20(3)14-9-10-14/h5-8,13-14,19H,4,9-12H2,1-3H3. The number of hydrogen-bond acceptors (Lipinski definition) is 3. The lowest BCUT2D eigenvalue weighted by Gasteiger charge is -2.18. The second-order valence-corrected chi connectivity index (χ2v) is 6.18. The molecule has 1 atom stereocenters. The van der Waals surface area contributed by atoms with E-state index >= 15 is 0 Å². The summed E-state index contributed by atoms with van der Waals surface area (Å²) in [5.74, 6) is 1.10. The molecule has 1 aliphatic carbocycles. The van der Waals surface area contributed by atoms with E-state index in [0.717, 1.165) is 36.9 Å². The highest BCUT2D eigenvalue weighted by Crippen LogP contribution is 2.30. The molecule has 1 aliphatic rings. The summed E-state index contributed by atoms with van der Waals surface area (Å²) in [5, 5.41) is 4.88. The predicted molar refractivity (Wildman–Crippen MR) is 87.7 cm³/mol. The lowest BCUT2D eigenvalue weighted by Crippen LogP contribution is -2.32. The SMILES string of the molecule is CCc1c(C(C)NCCN(C)C2CC2)oc2ccccc12. The molecule has 0 spiro atoms. The van der Waals surface area contributed by atoms with Crippen molar-refractivity contribution < 1.29 is 4.42 Å². The number of likely N-dealkylation sites (N-methyl/N-ethyl adjacent to an activating group) is 1. The molecule has 114 valence electrons. The van der Waals surface area contributed by atoms with E-state index in [1.165, 1.54) is 23.8 Å². The number of nitrogens with one attached hydrogen (secondary N) is 1. The maximum Gasteiger partial charge on any atom is 0.134 e. The third-order valence-corrected chi connectivity index (χ3v) is 4.56. The third kappa shape index (κ3) is 3.14. The number of fused-ring (bicyclic) bond motifs is 1. The van der Waals surface area contributed by atoms with Crippen LogP contribution in [0.4, 0.5) is 0 Å². The summed E-state index contributed by atoms with van der Waals surface area (Å²) in [5.41, 5.74) is 2.36. The molecule has 1 heterocycles. The number of aryl methyl sites for hydroxylation is 1. The number of rotatable bonds is 7. The van der Waals surface area contributed by atoms with Gasteiger partial charge in [0, 0.05) is 30.1 Å². The average Bonchev–Trinajstić information content (AvgIpc) is 3.27. The van der Waals surface area contributed by atoms with Crippen molar-refractivity contribution in [2.24, 2.45) is 0 Å². The molecule has 21 heavy (non-hydrogen) atoms. The van der Waals surface area contributed by atoms with E-state index in [9.17, 15) is 0 Å². The smallest absolute Gasteiger partial charge is 0.134 e. The van der Waals surface area contributed by atoms with Crippen LogP contribution in [0.5, 0.6) is 0 Å². The summed E-state index contributed by atoms with van der Waals surface area (Å²) in [4.78, 5) is 2.46. The number of hydrogen-bond donors (Lipinski definition) is 1. The van der Waals surface area contributed by atoms with Gasteiger partial charge in [0.25, 0.3) is 0 Å². The van der Waals surface area contributed by atoms with E-state index in [-0.39, 0.29) is 6.04 Å². The van der Waals surface area contributed by atoms with E-state index < -0.39 is 0 Å². The molecule has 3 heteroatoms. The summed E-state index contributed by atoms with van der Waals surface area (Å²) < 4.78 is 6.09. The van der Waals surface area contributed by atoms with Crippen molar-refractivity contribution in [2.75, 3.05) is 20.1 Å². The average molecular weight is 286 g/mol. The first kappa shape index (κ1) is 14.6. The molecule has 0 amide bonds. The Labute approximate surface area is 127 Å². The van der Waals surface area contributed by atoms with Gasteiger partial charge in [0.05, 0.1) is 6.04 Å². The first-order valence-electron chi connectivity index (χ1n) is 8.14. The Hall–Kier alpha value is -1.32. The lowest BCUT2D eigenvalue weighted by atomic mass is 10.1. The van der Waals surface area contributed by atoms with Crippen molar-refractivity contribution in [1.82, 2.24) is 10.2 Å². The molecule has 1 aromatic carbocycles. The van der Waals surface area contributed by atoms with E-state index in [0.29, 0.717) is 0 Å². The predicted octanol–water partition coefficient (Wildman–Crippen LogP) is 3.74. The third-order valence-electron chi connectivity index (χ3n) is 4.56. The Morgan fingerprint density at radius 1 is 1.33 bits per heavy atom. The summed E-state index contributed by atoms with van der Waals surface area (Å²) in [6.07, 6.45) is 3.76. The Balaban J connectivity index is 1.67. The van der Waals surface area contributed by atoms with Crippen LogP contribution < -0.4 is 5.32 Å². The highest BCUT2D eigenvalue weighted by atomic mass is 16.3. The first-order valence-corrected chi connectivity index (χ1v) is 8.14. The van der Waals surface area contributed by atoms with Crippen LogP contribution in [-0.4, -0.2) is 31.1 Å². The molecule has 3 rings (SSSR count). The zero-order chi connectivity index (χ0) is 14.8. The Bertz CT molecular complexity index is 600. The van der Waals surface area contributed by atoms with Crippen LogP contribution in [0.2, 0.25) is 0 Å². The zero-order valence-electron chi connectivity index (χ0n) is 13.4. The molecule has 1 N–H and O–H groups in total. The van der Waals surface area contributed by atoms with Crippen molar-refractivity contribution >= 4 is 11.0 Å². The Morgan fingerprint density at radius 3 is 2.81 bits per heavy atom. The minimum atomic E-state index is 0.264. The van der Waals surface area contributed by atoms with Gasteiger partial charge in [0.1, 0.15) is 11.3 Å². The van der Waals surface area contributed by atoms with Crippen LogP contribution in [0.25, 0.3) is 11.0 Å². The molecule has 0 aliphatic heterocycles. The minimum absolute atomic E-state index is 0.264. The van der Waals surface area contributed by atoms with Gasteiger partial charge < -0.3 is 14.6 Å². The van der Waals surface area contributed by atoms with E-state index in [1.807, 2.05) is 6.07 Å². The molecule has 1 fully saturated rings. The zero-order valence-corrected chi connectivity index (χ0v) is 13.4. The molecular formula is C18H26N2O. The molecule has 0 saturated heterocycles. The van der Waals surface area contributed by atoms with Crippen LogP contribution in [0.1, 0.15) is 44.1 Å². The first-order chi connectivity index (χ1) is 10.2. The molecular weight excluding hydrogens is 260 g/mol. The minimum Gasteiger partial charge on any atom is -0.459 e. The lowest BCUT2D eigenvalue weighted by molar-refractivity contribution is 0.311. The summed E-state index contributed by atoms with van der Waals surface area (Å²) in [7, 11) is 2.22. The largest absolute Gasteiger partial charge is 0.459 e. The van der Waals surface area contributed by atoms with Gasteiger partial charge in [-0.15, -0.1) is 0 Å². The van der Waals surface area contributed by atoms with E-state index in [1.54, 1.807) is 0 Å². The second-order valence-electron chi connectivity index (χ2n) is 6.18. The number of para-hydroxylation sites is 1. The van der Waals surface area contributed by atoms with E-state index in [4.69, 9.17) is 4.42 Å². The molecule has 0 radical (unpaired) electrons. The Morgan fingerprint density at radius 2 is 2.10 bits per heavy atom. The van der Waals surface area contributed by atoms with Crippen LogP contribution in [0.3, 0.4) is 0 Å². The Kier molecular flexibility index (Phi) is 4.32. The van der Waals surface area contributed by atoms with Crippen LogP contribution in [0, 0.1) is 0 Å². The summed E-state index contributed by atoms with van der Waals surface area (Å²) in [6.45, 7) is 6.52. The fraction of sp³-hybridized carbons (Fsp3) is 0.556. The van der Waals surface area contributed by atoms with Gasteiger partial charge >= 0.3 is 0 Å². The molecule has 0 bridgehead atoms. The maximum atomic E-state index is 6.09. The molecule has 3 nitrogen and oxygen atoms in total. The van der Waals surface area contributed by atoms with Gasteiger partial charge in [-0.3, -0.25) is 0 Å². The number of furan rings is 1. The van der Waals surface area contributed by atoms with E-state index in [2.05, 4.69) is 49.3 Å². The fourth-order valence-corrected chi connectivity index (χ4v) is 3.08. The summed E-state index contributed by atoms with van der Waals surface area (Å²) in [6, 6.07) is 9.45. The van der Waals surface area contributed by atoms with Gasteiger partial charge in [-0.2, -0.15) is 0 Å². The normalized spacial score (nSPS) is 16.8. The van der Waals surface area contributed by atoms with Crippen molar-refractivity contribution in [3.63, 3.8) is 0 Å². The molecule has 2 aromatic rings. The topological polar surface area (TPSA) is 28.4 Å². The van der Waals surface area contributed by atoms with Gasteiger partial charge in [0.15, 0.2) is 0 Å². The molecule has 1 saturated carbocycles. The fourth-order valence-electron chi connectivity index (χ4n) is 3.08. The van der Waals surface area contributed by atoms with Crippen molar-refractivity contribution in [2.45, 2.75) is 45.2 Å². The molecule has 1 aromatic heterocycles. The van der Waals surface area contributed by atoms with Crippen molar-refractivity contribution in [3.8, 4) is 0 Å². The van der Waals surface area contributed by atoms with Gasteiger partial charge in [-0.25, -0.2) is 0 Å². The van der Waals surface area contributed by atoms with Crippen molar-refractivity contribution in [3.05, 3.63) is 35.6 Å². The van der Waals surface area contributed by atoms with Gasteiger partial charge in [-0.1, -0.05) is 25.1 Å². The van der Waals surface area contributed by atoms with Crippen LogP contribution in [0.15, 0.2) is 28.7 Å². The second kappa shape index (κ2) is 6.20.